The minimum Gasteiger partial charge on any atom is -0.267 e. The molecular formula is C24H16Cl3N3O2. The SMILES string of the molecule is Cc1ccc(C(=O)NNC(=O)c2c(Cl)cc(Cl)cc2Cl)cc1-c1cnc2ccccc2c1. The molecule has 0 fully saturated rings. The molecule has 1 heterocycles. The van der Waals surface area contributed by atoms with Gasteiger partial charge in [-0.3, -0.25) is 25.4 Å². The topological polar surface area (TPSA) is 71.1 Å². The maximum absolute atomic E-state index is 12.7. The van der Waals surface area contributed by atoms with Crippen LogP contribution in [0.15, 0.2) is 66.9 Å². The van der Waals surface area contributed by atoms with Gasteiger partial charge in [0.05, 0.1) is 21.1 Å². The fraction of sp³-hybridized carbons (Fsp3) is 0.0417. The molecule has 0 aliphatic heterocycles. The van der Waals surface area contributed by atoms with Gasteiger partial charge in [-0.25, -0.2) is 0 Å². The molecule has 5 nitrogen and oxygen atoms in total. The Labute approximate surface area is 199 Å². The third kappa shape index (κ3) is 4.55. The van der Waals surface area contributed by atoms with Crippen molar-refractivity contribution in [3.8, 4) is 11.1 Å². The van der Waals surface area contributed by atoms with E-state index in [0.717, 1.165) is 27.6 Å². The van der Waals surface area contributed by atoms with Crippen molar-refractivity contribution < 1.29 is 9.59 Å². The van der Waals surface area contributed by atoms with Crippen molar-refractivity contribution in [1.29, 1.82) is 0 Å². The molecule has 0 aliphatic rings. The van der Waals surface area contributed by atoms with E-state index in [-0.39, 0.29) is 15.6 Å². The van der Waals surface area contributed by atoms with Crippen LogP contribution in [0.2, 0.25) is 15.1 Å². The van der Waals surface area contributed by atoms with E-state index < -0.39 is 11.8 Å². The number of fused-ring (bicyclic) bond motifs is 1. The number of aromatic nitrogens is 1. The summed E-state index contributed by atoms with van der Waals surface area (Å²) in [6, 6.07) is 17.9. The average molecular weight is 485 g/mol. The fourth-order valence-electron chi connectivity index (χ4n) is 3.30. The minimum absolute atomic E-state index is 0.0184. The smallest absolute Gasteiger partial charge is 0.267 e. The Balaban J connectivity index is 1.55. The van der Waals surface area contributed by atoms with Crippen LogP contribution in [0, 0.1) is 6.92 Å². The first-order valence-electron chi connectivity index (χ1n) is 9.54. The molecule has 0 aliphatic carbocycles. The van der Waals surface area contributed by atoms with Crippen molar-refractivity contribution in [2.45, 2.75) is 6.92 Å². The number of amides is 2. The van der Waals surface area contributed by atoms with E-state index in [0.29, 0.717) is 10.6 Å². The second kappa shape index (κ2) is 9.17. The summed E-state index contributed by atoms with van der Waals surface area (Å²) < 4.78 is 0. The van der Waals surface area contributed by atoms with Crippen LogP contribution in [-0.4, -0.2) is 16.8 Å². The van der Waals surface area contributed by atoms with Crippen LogP contribution < -0.4 is 10.9 Å². The number of pyridine rings is 1. The Bertz CT molecular complexity index is 1350. The van der Waals surface area contributed by atoms with Crippen LogP contribution in [0.25, 0.3) is 22.0 Å². The minimum atomic E-state index is -0.656. The van der Waals surface area contributed by atoms with Gasteiger partial charge in [0.2, 0.25) is 0 Å². The van der Waals surface area contributed by atoms with Gasteiger partial charge in [0.1, 0.15) is 0 Å². The summed E-state index contributed by atoms with van der Waals surface area (Å²) in [4.78, 5) is 29.6. The number of rotatable bonds is 3. The first-order chi connectivity index (χ1) is 15.3. The molecule has 32 heavy (non-hydrogen) atoms. The van der Waals surface area contributed by atoms with Crippen molar-refractivity contribution in [3.05, 3.63) is 98.6 Å². The zero-order chi connectivity index (χ0) is 22.8. The molecule has 0 saturated heterocycles. The number of hydrazine groups is 1. The Hall–Kier alpha value is -3.12. The van der Waals surface area contributed by atoms with E-state index in [1.807, 2.05) is 43.3 Å². The molecule has 0 atom stereocenters. The van der Waals surface area contributed by atoms with Crippen LogP contribution in [-0.2, 0) is 0 Å². The average Bonchev–Trinajstić information content (AvgIpc) is 2.76. The van der Waals surface area contributed by atoms with Crippen LogP contribution in [0.5, 0.6) is 0 Å². The summed E-state index contributed by atoms with van der Waals surface area (Å²) in [6.45, 7) is 1.96. The first kappa shape index (κ1) is 22.1. The highest BCUT2D eigenvalue weighted by Gasteiger charge is 2.17. The molecule has 2 amide bonds. The van der Waals surface area contributed by atoms with E-state index in [4.69, 9.17) is 34.8 Å². The van der Waals surface area contributed by atoms with Crippen molar-refractivity contribution in [2.75, 3.05) is 0 Å². The molecule has 0 saturated carbocycles. The Morgan fingerprint density at radius 1 is 0.844 bits per heavy atom. The highest BCUT2D eigenvalue weighted by atomic mass is 35.5. The van der Waals surface area contributed by atoms with Gasteiger partial charge in [0.25, 0.3) is 11.8 Å². The predicted molar refractivity (Wildman–Crippen MR) is 128 cm³/mol. The van der Waals surface area contributed by atoms with E-state index >= 15 is 0 Å². The van der Waals surface area contributed by atoms with Gasteiger partial charge >= 0.3 is 0 Å². The molecule has 8 heteroatoms. The quantitative estimate of drug-likeness (QED) is 0.338. The van der Waals surface area contributed by atoms with E-state index in [1.165, 1.54) is 12.1 Å². The number of nitrogens with zero attached hydrogens (tertiary/aromatic N) is 1. The number of benzene rings is 3. The molecule has 0 bridgehead atoms. The summed E-state index contributed by atoms with van der Waals surface area (Å²) in [5, 5.41) is 1.46. The van der Waals surface area contributed by atoms with E-state index in [2.05, 4.69) is 15.8 Å². The predicted octanol–water partition coefficient (Wildman–Crippen LogP) is 6.25. The lowest BCUT2D eigenvalue weighted by Crippen LogP contribution is -2.41. The number of carbonyl (C=O) groups is 2. The third-order valence-electron chi connectivity index (χ3n) is 4.92. The zero-order valence-electron chi connectivity index (χ0n) is 16.7. The van der Waals surface area contributed by atoms with Gasteiger partial charge in [-0.1, -0.05) is 59.1 Å². The molecule has 0 radical (unpaired) electrons. The molecule has 0 unspecified atom stereocenters. The van der Waals surface area contributed by atoms with E-state index in [9.17, 15) is 9.59 Å². The van der Waals surface area contributed by atoms with Crippen molar-refractivity contribution in [1.82, 2.24) is 15.8 Å². The molecule has 3 aromatic carbocycles. The Morgan fingerprint density at radius 3 is 2.28 bits per heavy atom. The largest absolute Gasteiger partial charge is 0.272 e. The van der Waals surface area contributed by atoms with E-state index in [1.54, 1.807) is 18.3 Å². The number of para-hydroxylation sites is 1. The summed E-state index contributed by atoms with van der Waals surface area (Å²) in [5.74, 6) is -1.15. The van der Waals surface area contributed by atoms with Gasteiger partial charge in [-0.05, 0) is 54.4 Å². The van der Waals surface area contributed by atoms with Crippen molar-refractivity contribution in [3.63, 3.8) is 0 Å². The zero-order valence-corrected chi connectivity index (χ0v) is 19.0. The number of nitrogens with one attached hydrogen (secondary N) is 2. The van der Waals surface area contributed by atoms with Gasteiger partial charge in [-0.15, -0.1) is 0 Å². The summed E-state index contributed by atoms with van der Waals surface area (Å²) in [7, 11) is 0. The van der Waals surface area contributed by atoms with Crippen molar-refractivity contribution in [2.24, 2.45) is 0 Å². The van der Waals surface area contributed by atoms with Crippen LogP contribution >= 0.6 is 34.8 Å². The third-order valence-corrected chi connectivity index (χ3v) is 5.74. The first-order valence-corrected chi connectivity index (χ1v) is 10.7. The molecule has 4 rings (SSSR count). The monoisotopic (exact) mass is 483 g/mol. The summed E-state index contributed by atoms with van der Waals surface area (Å²) >= 11 is 18.0. The maximum Gasteiger partial charge on any atom is 0.272 e. The molecule has 160 valence electrons. The lowest BCUT2D eigenvalue weighted by molar-refractivity contribution is 0.0847. The highest BCUT2D eigenvalue weighted by Crippen LogP contribution is 2.29. The maximum atomic E-state index is 12.7. The highest BCUT2D eigenvalue weighted by molar-refractivity contribution is 6.42. The number of hydrogen-bond donors (Lipinski definition) is 2. The van der Waals surface area contributed by atoms with Crippen molar-refractivity contribution >= 4 is 57.5 Å². The van der Waals surface area contributed by atoms with Gasteiger partial charge in [0.15, 0.2) is 0 Å². The number of carbonyl (C=O) groups excluding carboxylic acids is 2. The number of hydrogen-bond acceptors (Lipinski definition) is 3. The number of halogens is 3. The van der Waals surface area contributed by atoms with Crippen LogP contribution in [0.1, 0.15) is 26.3 Å². The Kier molecular flexibility index (Phi) is 6.33. The molecule has 2 N–H and O–H groups in total. The molecular weight excluding hydrogens is 469 g/mol. The summed E-state index contributed by atoms with van der Waals surface area (Å²) in [6.07, 6.45) is 1.78. The second-order valence-corrected chi connectivity index (χ2v) is 8.35. The Morgan fingerprint density at radius 2 is 1.53 bits per heavy atom. The molecule has 4 aromatic rings. The fourth-order valence-corrected chi connectivity index (χ4v) is 4.29. The number of aryl methyl sites for hydroxylation is 1. The standard InChI is InChI=1S/C24H16Cl3N3O2/c1-13-6-7-15(9-18(13)16-8-14-4-2-3-5-21(14)28-12-16)23(31)29-30-24(32)22-19(26)10-17(25)11-20(22)27/h2-12H,1H3,(H,29,31)(H,30,32). The molecule has 0 spiro atoms. The van der Waals surface area contributed by atoms with Gasteiger partial charge in [0, 0.05) is 27.7 Å². The van der Waals surface area contributed by atoms with Gasteiger partial charge in [-0.2, -0.15) is 0 Å². The molecule has 1 aromatic heterocycles. The summed E-state index contributed by atoms with van der Waals surface area (Å²) in [5.41, 5.74) is 8.75. The normalized spacial score (nSPS) is 10.8. The lowest BCUT2D eigenvalue weighted by Gasteiger charge is -2.12. The van der Waals surface area contributed by atoms with Crippen LogP contribution in [0.3, 0.4) is 0 Å². The lowest BCUT2D eigenvalue weighted by atomic mass is 9.98. The van der Waals surface area contributed by atoms with Gasteiger partial charge < -0.3 is 0 Å². The van der Waals surface area contributed by atoms with Crippen LogP contribution in [0.4, 0.5) is 0 Å². The second-order valence-electron chi connectivity index (χ2n) is 7.10.